The van der Waals surface area contributed by atoms with Gasteiger partial charge in [-0.3, -0.25) is 9.59 Å². The zero-order valence-corrected chi connectivity index (χ0v) is 20.2. The third-order valence-electron chi connectivity index (χ3n) is 5.10. The van der Waals surface area contributed by atoms with Gasteiger partial charge in [-0.15, -0.1) is 0 Å². The van der Waals surface area contributed by atoms with Crippen LogP contribution in [0.1, 0.15) is 37.6 Å². The van der Waals surface area contributed by atoms with Crippen molar-refractivity contribution in [2.24, 2.45) is 0 Å². The molecule has 1 aromatic rings. The fourth-order valence-electron chi connectivity index (χ4n) is 3.40. The van der Waals surface area contributed by atoms with Crippen LogP contribution in [0.3, 0.4) is 0 Å². The van der Waals surface area contributed by atoms with Crippen molar-refractivity contribution in [2.75, 3.05) is 37.7 Å². The third-order valence-corrected chi connectivity index (χ3v) is 9.40. The molecule has 0 aromatic heterocycles. The highest BCUT2D eigenvalue weighted by atomic mass is 35.5. The molecule has 0 saturated carbocycles. The van der Waals surface area contributed by atoms with Crippen LogP contribution in [0.2, 0.25) is 5.02 Å². The minimum absolute atomic E-state index is 0.00619. The highest BCUT2D eigenvalue weighted by Gasteiger charge is 2.30. The minimum atomic E-state index is -3.88. The van der Waals surface area contributed by atoms with E-state index >= 15 is 0 Å². The Morgan fingerprint density at radius 2 is 1.81 bits per heavy atom. The predicted octanol–water partition coefficient (Wildman–Crippen LogP) is 1.14. The number of likely N-dealkylation sites (N-methyl/N-ethyl adjacent to an activating group) is 1. The molecule has 1 unspecified atom stereocenters. The second-order valence-corrected chi connectivity index (χ2v) is 11.8. The number of hydrogen-bond acceptors (Lipinski definition) is 6. The summed E-state index contributed by atoms with van der Waals surface area (Å²) in [4.78, 5) is 26.4. The molecule has 0 aliphatic carbocycles. The molecule has 1 aliphatic heterocycles. The number of hydrogen-bond donors (Lipinski definition) is 1. The molecule has 1 atom stereocenters. The number of nitrogens with zero attached hydrogens (tertiary/aromatic N) is 2. The molecule has 12 heteroatoms. The lowest BCUT2D eigenvalue weighted by Crippen LogP contribution is -2.44. The van der Waals surface area contributed by atoms with E-state index in [1.54, 1.807) is 20.8 Å². The number of sulfonamides is 1. The van der Waals surface area contributed by atoms with Gasteiger partial charge in [0.1, 0.15) is 4.90 Å². The monoisotopic (exact) mass is 493 g/mol. The van der Waals surface area contributed by atoms with E-state index in [-0.39, 0.29) is 53.2 Å². The van der Waals surface area contributed by atoms with Gasteiger partial charge in [0.15, 0.2) is 9.84 Å². The molecule has 1 fully saturated rings. The number of sulfone groups is 1. The van der Waals surface area contributed by atoms with Crippen molar-refractivity contribution >= 4 is 43.3 Å². The molecule has 0 spiro atoms. The van der Waals surface area contributed by atoms with Crippen LogP contribution >= 0.6 is 11.6 Å². The van der Waals surface area contributed by atoms with Crippen molar-refractivity contribution in [2.45, 2.75) is 38.1 Å². The number of carbonyl (C=O) groups excluding carboxylic acids is 2. The van der Waals surface area contributed by atoms with Crippen LogP contribution in [-0.4, -0.2) is 81.6 Å². The van der Waals surface area contributed by atoms with Gasteiger partial charge in [0, 0.05) is 31.2 Å². The smallest absolute Gasteiger partial charge is 0.254 e. The Morgan fingerprint density at radius 3 is 2.32 bits per heavy atom. The zero-order chi connectivity index (χ0) is 23.4. The zero-order valence-electron chi connectivity index (χ0n) is 17.8. The molecule has 174 valence electrons. The maximum Gasteiger partial charge on any atom is 0.254 e. The number of benzene rings is 1. The molecule has 2 rings (SSSR count). The average molecular weight is 494 g/mol. The van der Waals surface area contributed by atoms with Crippen molar-refractivity contribution in [1.82, 2.24) is 14.5 Å². The summed E-state index contributed by atoms with van der Waals surface area (Å²) in [5.74, 6) is -1.07. The second-order valence-electron chi connectivity index (χ2n) is 7.22. The first-order valence-corrected chi connectivity index (χ1v) is 13.7. The van der Waals surface area contributed by atoms with E-state index in [9.17, 15) is 26.4 Å². The lowest BCUT2D eigenvalue weighted by molar-refractivity contribution is -0.122. The summed E-state index contributed by atoms with van der Waals surface area (Å²) < 4.78 is 50.0. The normalized spacial score (nSPS) is 18.2. The van der Waals surface area contributed by atoms with E-state index < -0.39 is 37.7 Å². The van der Waals surface area contributed by atoms with Gasteiger partial charge in [0.05, 0.1) is 23.1 Å². The first-order valence-electron chi connectivity index (χ1n) is 10.0. The van der Waals surface area contributed by atoms with E-state index in [1.807, 2.05) is 0 Å². The summed E-state index contributed by atoms with van der Waals surface area (Å²) in [6.45, 7) is 5.54. The Labute approximate surface area is 188 Å². The van der Waals surface area contributed by atoms with Gasteiger partial charge in [-0.25, -0.2) is 16.8 Å². The standard InChI is InChI=1S/C19H28ClN3O6S2/c1-4-22(12-18(24)21-15-9-10-30(26,27)13-15)19(25)14-7-8-16(20)17(11-14)31(28,29)23(5-2)6-3/h7-8,11,15H,4-6,9-10,12-13H2,1-3H3,(H,21,24). The molecule has 1 saturated heterocycles. The van der Waals surface area contributed by atoms with Crippen molar-refractivity contribution in [3.63, 3.8) is 0 Å². The maximum absolute atomic E-state index is 12.9. The first kappa shape index (κ1) is 25.6. The summed E-state index contributed by atoms with van der Waals surface area (Å²) >= 11 is 6.12. The average Bonchev–Trinajstić information content (AvgIpc) is 3.04. The number of rotatable bonds is 9. The fraction of sp³-hybridized carbons (Fsp3) is 0.579. The van der Waals surface area contributed by atoms with E-state index in [0.29, 0.717) is 6.42 Å². The Kier molecular flexibility index (Phi) is 8.48. The van der Waals surface area contributed by atoms with Crippen LogP contribution in [0.25, 0.3) is 0 Å². The Hall–Kier alpha value is -1.69. The molecule has 1 aromatic carbocycles. The van der Waals surface area contributed by atoms with Crippen molar-refractivity contribution in [3.8, 4) is 0 Å². The van der Waals surface area contributed by atoms with Crippen LogP contribution in [-0.2, 0) is 24.7 Å². The van der Waals surface area contributed by atoms with Crippen molar-refractivity contribution in [1.29, 1.82) is 0 Å². The second kappa shape index (κ2) is 10.3. The number of halogens is 1. The number of carbonyl (C=O) groups is 2. The minimum Gasteiger partial charge on any atom is -0.351 e. The summed E-state index contributed by atoms with van der Waals surface area (Å²) in [5, 5.41) is 2.65. The fourth-order valence-corrected chi connectivity index (χ4v) is 7.03. The first-order chi connectivity index (χ1) is 14.4. The molecule has 2 amide bonds. The van der Waals surface area contributed by atoms with Gasteiger partial charge in [-0.2, -0.15) is 4.31 Å². The number of nitrogens with one attached hydrogen (secondary N) is 1. The van der Waals surface area contributed by atoms with Crippen LogP contribution in [0.15, 0.2) is 23.1 Å². The van der Waals surface area contributed by atoms with Crippen LogP contribution in [0.4, 0.5) is 0 Å². The molecular weight excluding hydrogens is 466 g/mol. The Balaban J connectivity index is 2.19. The molecule has 31 heavy (non-hydrogen) atoms. The molecule has 0 radical (unpaired) electrons. The number of amides is 2. The molecule has 0 bridgehead atoms. The highest BCUT2D eigenvalue weighted by molar-refractivity contribution is 7.91. The van der Waals surface area contributed by atoms with Gasteiger partial charge in [-0.1, -0.05) is 25.4 Å². The molecular formula is C19H28ClN3O6S2. The Bertz CT molecular complexity index is 1040. The van der Waals surface area contributed by atoms with Gasteiger partial charge in [-0.05, 0) is 31.5 Å². The topological polar surface area (TPSA) is 121 Å². The van der Waals surface area contributed by atoms with E-state index in [2.05, 4.69) is 5.32 Å². The van der Waals surface area contributed by atoms with Crippen molar-refractivity contribution in [3.05, 3.63) is 28.8 Å². The molecule has 1 aliphatic rings. The van der Waals surface area contributed by atoms with E-state index in [1.165, 1.54) is 27.4 Å². The summed E-state index contributed by atoms with van der Waals surface area (Å²) in [5.41, 5.74) is 0.0909. The van der Waals surface area contributed by atoms with E-state index in [4.69, 9.17) is 11.6 Å². The lowest BCUT2D eigenvalue weighted by Gasteiger charge is -2.23. The summed E-state index contributed by atoms with van der Waals surface area (Å²) in [6, 6.07) is 3.52. The largest absolute Gasteiger partial charge is 0.351 e. The summed E-state index contributed by atoms with van der Waals surface area (Å²) in [6.07, 6.45) is 0.345. The van der Waals surface area contributed by atoms with Gasteiger partial charge in [0.2, 0.25) is 15.9 Å². The molecule has 1 N–H and O–H groups in total. The van der Waals surface area contributed by atoms with Gasteiger partial charge >= 0.3 is 0 Å². The predicted molar refractivity (Wildman–Crippen MR) is 118 cm³/mol. The molecule has 9 nitrogen and oxygen atoms in total. The van der Waals surface area contributed by atoms with Crippen LogP contribution in [0.5, 0.6) is 0 Å². The van der Waals surface area contributed by atoms with Crippen molar-refractivity contribution < 1.29 is 26.4 Å². The highest BCUT2D eigenvalue weighted by Crippen LogP contribution is 2.26. The maximum atomic E-state index is 12.9. The van der Waals surface area contributed by atoms with Gasteiger partial charge < -0.3 is 10.2 Å². The van der Waals surface area contributed by atoms with E-state index in [0.717, 1.165) is 0 Å². The van der Waals surface area contributed by atoms with Crippen LogP contribution < -0.4 is 5.32 Å². The quantitative estimate of drug-likeness (QED) is 0.550. The molecule has 1 heterocycles. The van der Waals surface area contributed by atoms with Crippen LogP contribution in [0, 0.1) is 0 Å². The Morgan fingerprint density at radius 1 is 1.16 bits per heavy atom. The summed E-state index contributed by atoms with van der Waals surface area (Å²) in [7, 11) is -7.01. The van der Waals surface area contributed by atoms with Gasteiger partial charge in [0.25, 0.3) is 5.91 Å². The third kappa shape index (κ3) is 6.18. The lowest BCUT2D eigenvalue weighted by atomic mass is 10.2. The SMILES string of the molecule is CCN(CC(=O)NC1CCS(=O)(=O)C1)C(=O)c1ccc(Cl)c(S(=O)(=O)N(CC)CC)c1.